The summed E-state index contributed by atoms with van der Waals surface area (Å²) in [6.07, 6.45) is 5.22. The molecule has 3 aromatic rings. The maximum absolute atomic E-state index is 12.5. The third-order valence-corrected chi connectivity index (χ3v) is 5.33. The van der Waals surface area contributed by atoms with Crippen LogP contribution in [0.4, 0.5) is 5.13 Å². The Hall–Kier alpha value is -2.46. The van der Waals surface area contributed by atoms with E-state index in [2.05, 4.69) is 25.6 Å². The van der Waals surface area contributed by atoms with Crippen LogP contribution in [-0.2, 0) is 12.3 Å². The zero-order valence-corrected chi connectivity index (χ0v) is 16.0. The van der Waals surface area contributed by atoms with Crippen LogP contribution in [0.5, 0.6) is 5.88 Å². The number of hydrogen-bond donors (Lipinski definition) is 1. The first-order valence-corrected chi connectivity index (χ1v) is 9.86. The first-order chi connectivity index (χ1) is 12.7. The molecule has 0 aromatic carbocycles. The molecule has 0 radical (unpaired) electrons. The zero-order chi connectivity index (χ0) is 18.4. The Morgan fingerprint density at radius 2 is 2.27 bits per heavy atom. The molecule has 0 fully saturated rings. The molecular formula is C16H18N6O2S2. The number of nitrogens with one attached hydrogen (secondary N) is 1. The van der Waals surface area contributed by atoms with Crippen molar-refractivity contribution in [2.75, 3.05) is 11.9 Å². The number of rotatable bonds is 8. The van der Waals surface area contributed by atoms with Gasteiger partial charge in [-0.2, -0.15) is 0 Å². The summed E-state index contributed by atoms with van der Waals surface area (Å²) < 4.78 is 7.87. The highest BCUT2D eigenvalue weighted by atomic mass is 32.2. The minimum absolute atomic E-state index is 0.312. The van der Waals surface area contributed by atoms with Crippen molar-refractivity contribution >= 4 is 34.1 Å². The van der Waals surface area contributed by atoms with Gasteiger partial charge in [-0.1, -0.05) is 29.2 Å². The van der Waals surface area contributed by atoms with Gasteiger partial charge in [0.15, 0.2) is 4.34 Å². The Kier molecular flexibility index (Phi) is 6.18. The largest absolute Gasteiger partial charge is 0.476 e. The molecular weight excluding hydrogens is 372 g/mol. The van der Waals surface area contributed by atoms with Gasteiger partial charge in [-0.15, -0.1) is 15.3 Å². The summed E-state index contributed by atoms with van der Waals surface area (Å²) in [6.45, 7) is 4.89. The standard InChI is InChI=1S/C16H18N6O2S2/c1-3-22-9-12(14(21-22)24-4-2)13(23)18-15-19-20-16(26-15)25-10-11-6-5-7-17-8-11/h5-9H,3-4,10H2,1-2H3,(H,18,19,23). The van der Waals surface area contributed by atoms with Crippen molar-refractivity contribution in [2.24, 2.45) is 0 Å². The molecule has 3 heterocycles. The van der Waals surface area contributed by atoms with Crippen molar-refractivity contribution in [1.82, 2.24) is 25.0 Å². The minimum Gasteiger partial charge on any atom is -0.476 e. The topological polar surface area (TPSA) is 94.8 Å². The highest BCUT2D eigenvalue weighted by molar-refractivity contribution is 8.00. The van der Waals surface area contributed by atoms with Gasteiger partial charge in [-0.25, -0.2) is 0 Å². The number of ether oxygens (including phenoxy) is 1. The van der Waals surface area contributed by atoms with Gasteiger partial charge >= 0.3 is 0 Å². The third kappa shape index (κ3) is 4.58. The van der Waals surface area contributed by atoms with E-state index in [9.17, 15) is 4.79 Å². The molecule has 0 aliphatic heterocycles. The molecule has 10 heteroatoms. The Morgan fingerprint density at radius 1 is 1.38 bits per heavy atom. The average molecular weight is 390 g/mol. The maximum atomic E-state index is 12.5. The van der Waals surface area contributed by atoms with Gasteiger partial charge in [0.25, 0.3) is 5.91 Å². The van der Waals surface area contributed by atoms with Gasteiger partial charge in [0.1, 0.15) is 5.56 Å². The first kappa shape index (κ1) is 18.3. The Bertz CT molecular complexity index is 865. The van der Waals surface area contributed by atoms with Crippen molar-refractivity contribution < 1.29 is 9.53 Å². The van der Waals surface area contributed by atoms with Crippen LogP contribution in [0.15, 0.2) is 35.1 Å². The molecule has 26 heavy (non-hydrogen) atoms. The third-order valence-electron chi connectivity index (χ3n) is 3.29. The molecule has 1 amide bonds. The monoisotopic (exact) mass is 390 g/mol. The van der Waals surface area contributed by atoms with Crippen molar-refractivity contribution in [2.45, 2.75) is 30.5 Å². The normalized spacial score (nSPS) is 10.7. The predicted octanol–water partition coefficient (Wildman–Crippen LogP) is 3.09. The van der Waals surface area contributed by atoms with E-state index in [0.29, 0.717) is 29.7 Å². The van der Waals surface area contributed by atoms with Gasteiger partial charge in [0.2, 0.25) is 11.0 Å². The first-order valence-electron chi connectivity index (χ1n) is 8.06. The van der Waals surface area contributed by atoms with E-state index in [1.807, 2.05) is 32.2 Å². The molecule has 8 nitrogen and oxygen atoms in total. The smallest absolute Gasteiger partial charge is 0.264 e. The van der Waals surface area contributed by atoms with Crippen LogP contribution in [-0.4, -0.2) is 37.5 Å². The lowest BCUT2D eigenvalue weighted by atomic mass is 10.3. The predicted molar refractivity (Wildman–Crippen MR) is 101 cm³/mol. The summed E-state index contributed by atoms with van der Waals surface area (Å²) in [6, 6.07) is 3.90. The van der Waals surface area contributed by atoms with Crippen LogP contribution in [0.3, 0.4) is 0 Å². The van der Waals surface area contributed by atoms with Gasteiger partial charge in [-0.3, -0.25) is 19.8 Å². The number of thioether (sulfide) groups is 1. The lowest BCUT2D eigenvalue weighted by molar-refractivity contribution is 0.102. The number of amides is 1. The van der Waals surface area contributed by atoms with Gasteiger partial charge in [0.05, 0.1) is 6.61 Å². The van der Waals surface area contributed by atoms with Crippen molar-refractivity contribution in [3.8, 4) is 5.88 Å². The molecule has 0 bridgehead atoms. The number of aryl methyl sites for hydroxylation is 1. The molecule has 3 rings (SSSR count). The number of pyridine rings is 1. The summed E-state index contributed by atoms with van der Waals surface area (Å²) in [4.78, 5) is 16.6. The SMILES string of the molecule is CCOc1nn(CC)cc1C(=O)Nc1nnc(SCc2cccnc2)s1. The van der Waals surface area contributed by atoms with Crippen molar-refractivity contribution in [3.05, 3.63) is 41.9 Å². The summed E-state index contributed by atoms with van der Waals surface area (Å²) in [7, 11) is 0. The van der Waals surface area contributed by atoms with Crippen molar-refractivity contribution in [3.63, 3.8) is 0 Å². The van der Waals surface area contributed by atoms with Gasteiger partial charge < -0.3 is 4.74 Å². The fourth-order valence-corrected chi connectivity index (χ4v) is 3.76. The molecule has 136 valence electrons. The second kappa shape index (κ2) is 8.77. The van der Waals surface area contributed by atoms with E-state index >= 15 is 0 Å². The molecule has 1 N–H and O–H groups in total. The van der Waals surface area contributed by atoms with Crippen LogP contribution >= 0.6 is 23.1 Å². The fraction of sp³-hybridized carbons (Fsp3) is 0.312. The van der Waals surface area contributed by atoms with Gasteiger partial charge in [-0.05, 0) is 25.5 Å². The summed E-state index contributed by atoms with van der Waals surface area (Å²) >= 11 is 2.88. The quantitative estimate of drug-likeness (QED) is 0.466. The lowest BCUT2D eigenvalue weighted by Gasteiger charge is -2.02. The minimum atomic E-state index is -0.312. The van der Waals surface area contributed by atoms with E-state index in [4.69, 9.17) is 4.74 Å². The Labute approximate surface area is 159 Å². The molecule has 0 aliphatic carbocycles. The maximum Gasteiger partial charge on any atom is 0.264 e. The van der Waals surface area contributed by atoms with Crippen LogP contribution in [0.25, 0.3) is 0 Å². The van der Waals surface area contributed by atoms with E-state index in [1.54, 1.807) is 28.8 Å². The second-order valence-corrected chi connectivity index (χ2v) is 7.31. The number of anilines is 1. The average Bonchev–Trinajstić information content (AvgIpc) is 3.28. The van der Waals surface area contributed by atoms with E-state index in [0.717, 1.165) is 15.7 Å². The highest BCUT2D eigenvalue weighted by Crippen LogP contribution is 2.28. The van der Waals surface area contributed by atoms with Crippen LogP contribution in [0.1, 0.15) is 29.8 Å². The summed E-state index contributed by atoms with van der Waals surface area (Å²) in [5.41, 5.74) is 1.49. The molecule has 0 spiro atoms. The number of nitrogens with zero attached hydrogens (tertiary/aromatic N) is 5. The van der Waals surface area contributed by atoms with Crippen LogP contribution < -0.4 is 10.1 Å². The Morgan fingerprint density at radius 3 is 3.00 bits per heavy atom. The van der Waals surface area contributed by atoms with E-state index < -0.39 is 0 Å². The van der Waals surface area contributed by atoms with Gasteiger partial charge in [0, 0.05) is 30.9 Å². The molecule has 0 atom stereocenters. The van der Waals surface area contributed by atoms with Crippen LogP contribution in [0.2, 0.25) is 0 Å². The van der Waals surface area contributed by atoms with Crippen LogP contribution in [0, 0.1) is 0 Å². The van der Waals surface area contributed by atoms with E-state index in [1.165, 1.54) is 11.3 Å². The summed E-state index contributed by atoms with van der Waals surface area (Å²) in [5, 5.41) is 15.6. The lowest BCUT2D eigenvalue weighted by Crippen LogP contribution is -2.12. The van der Waals surface area contributed by atoms with Crippen molar-refractivity contribution in [1.29, 1.82) is 0 Å². The summed E-state index contributed by atoms with van der Waals surface area (Å²) in [5.74, 6) is 0.754. The number of aromatic nitrogens is 5. The molecule has 3 aromatic heterocycles. The number of carbonyl (C=O) groups is 1. The zero-order valence-electron chi connectivity index (χ0n) is 14.4. The highest BCUT2D eigenvalue weighted by Gasteiger charge is 2.19. The molecule has 0 saturated heterocycles. The second-order valence-electron chi connectivity index (χ2n) is 5.11. The number of carbonyl (C=O) groups excluding carboxylic acids is 1. The Balaban J connectivity index is 1.63. The fourth-order valence-electron chi connectivity index (χ4n) is 2.08. The number of hydrogen-bond acceptors (Lipinski definition) is 8. The van der Waals surface area contributed by atoms with E-state index in [-0.39, 0.29) is 5.91 Å². The molecule has 0 unspecified atom stereocenters. The molecule has 0 aliphatic rings. The molecule has 0 saturated carbocycles.